The van der Waals surface area contributed by atoms with Crippen molar-refractivity contribution in [1.82, 2.24) is 0 Å². The normalized spacial score (nSPS) is 46.7. The summed E-state index contributed by atoms with van der Waals surface area (Å²) in [5.74, 6) is 0. The number of nitrogens with zero attached hydrogens (tertiary/aromatic N) is 2. The van der Waals surface area contributed by atoms with E-state index in [0.29, 0.717) is 12.1 Å². The molecule has 0 amide bonds. The summed E-state index contributed by atoms with van der Waals surface area (Å²) in [6, 6.07) is 0.981. The maximum Gasteiger partial charge on any atom is 0.112 e. The van der Waals surface area contributed by atoms with Gasteiger partial charge in [0.05, 0.1) is 0 Å². The van der Waals surface area contributed by atoms with E-state index in [-0.39, 0.29) is 0 Å². The first kappa shape index (κ1) is 2.50. The molecule has 0 fully saturated rings. The first-order valence-corrected chi connectivity index (χ1v) is 2.03. The lowest BCUT2D eigenvalue weighted by Gasteiger charge is -1.75. The lowest BCUT2D eigenvalue weighted by molar-refractivity contribution is 0.973. The van der Waals surface area contributed by atoms with Crippen LogP contribution in [0.1, 0.15) is 0 Å². The van der Waals surface area contributed by atoms with Gasteiger partial charge in [0.15, 0.2) is 0 Å². The van der Waals surface area contributed by atoms with Crippen molar-refractivity contribution in [2.24, 2.45) is 9.98 Å². The first-order valence-electron chi connectivity index (χ1n) is 2.03. The largest absolute Gasteiger partial charge is 0.283 e. The van der Waals surface area contributed by atoms with Crippen molar-refractivity contribution < 1.29 is 0 Å². The van der Waals surface area contributed by atoms with Gasteiger partial charge >= 0.3 is 0 Å². The van der Waals surface area contributed by atoms with Gasteiger partial charge in [0.25, 0.3) is 0 Å². The third-order valence-electron chi connectivity index (χ3n) is 0.992. The third-order valence-corrected chi connectivity index (χ3v) is 0.992. The molecular formula is C4H4N2. The quantitative estimate of drug-likeness (QED) is 0.420. The minimum atomic E-state index is 0.491. The molecule has 2 heteroatoms. The molecule has 6 heavy (non-hydrogen) atoms. The summed E-state index contributed by atoms with van der Waals surface area (Å²) in [4.78, 5) is 7.83. The van der Waals surface area contributed by atoms with Gasteiger partial charge in [-0.25, -0.2) is 0 Å². The zero-order chi connectivity index (χ0) is 3.98. The number of aliphatic imine (C=N–C) groups is 2. The van der Waals surface area contributed by atoms with Gasteiger partial charge in [-0.05, 0) is 0 Å². The molecule has 0 N–H and O–H groups in total. The Labute approximate surface area is 35.6 Å². The molecule has 30 valence electrons. The van der Waals surface area contributed by atoms with Crippen LogP contribution in [0.15, 0.2) is 9.98 Å². The van der Waals surface area contributed by atoms with Crippen LogP contribution in [0.3, 0.4) is 0 Å². The SMILES string of the molecule is C1=N[C@H]1[C@H]1C=N1. The predicted octanol–water partition coefficient (Wildman–Crippen LogP) is -0.108. The molecule has 2 heterocycles. The summed E-state index contributed by atoms with van der Waals surface area (Å²) in [6.07, 6.45) is 3.86. The van der Waals surface area contributed by atoms with Gasteiger partial charge in [0.2, 0.25) is 0 Å². The lowest BCUT2D eigenvalue weighted by atomic mass is 10.3. The van der Waals surface area contributed by atoms with Crippen molar-refractivity contribution in [1.29, 1.82) is 0 Å². The highest BCUT2D eigenvalue weighted by molar-refractivity contribution is 5.92. The van der Waals surface area contributed by atoms with Gasteiger partial charge in [-0.15, -0.1) is 0 Å². The highest BCUT2D eigenvalue weighted by Crippen LogP contribution is 2.15. The molecule has 0 radical (unpaired) electrons. The zero-order valence-corrected chi connectivity index (χ0v) is 3.20. The van der Waals surface area contributed by atoms with E-state index in [2.05, 4.69) is 9.98 Å². The van der Waals surface area contributed by atoms with Crippen LogP contribution in [0.4, 0.5) is 0 Å². The fourth-order valence-corrected chi connectivity index (χ4v) is 0.452. The highest BCUT2D eigenvalue weighted by atomic mass is 15.1. The average molecular weight is 80.1 g/mol. The van der Waals surface area contributed by atoms with Crippen LogP contribution < -0.4 is 0 Å². The molecule has 0 aromatic carbocycles. The van der Waals surface area contributed by atoms with Gasteiger partial charge in [-0.1, -0.05) is 0 Å². The second kappa shape index (κ2) is 0.555. The first-order chi connectivity index (χ1) is 2.97. The molecule has 2 aliphatic rings. The molecule has 0 aromatic rings. The molecular weight excluding hydrogens is 76.1 g/mol. The van der Waals surface area contributed by atoms with Crippen molar-refractivity contribution in [3.63, 3.8) is 0 Å². The Morgan fingerprint density at radius 1 is 1.00 bits per heavy atom. The molecule has 2 nitrogen and oxygen atoms in total. The van der Waals surface area contributed by atoms with E-state index in [0.717, 1.165) is 0 Å². The van der Waals surface area contributed by atoms with Crippen molar-refractivity contribution in [2.45, 2.75) is 12.1 Å². The molecule has 0 spiro atoms. The van der Waals surface area contributed by atoms with E-state index >= 15 is 0 Å². The number of rotatable bonds is 1. The van der Waals surface area contributed by atoms with Crippen LogP contribution in [0.25, 0.3) is 0 Å². The van der Waals surface area contributed by atoms with Crippen LogP contribution in [-0.4, -0.2) is 24.5 Å². The van der Waals surface area contributed by atoms with E-state index in [1.54, 1.807) is 0 Å². The standard InChI is InChI=1S/C4H4N2/c1-3(5-1)4-2-6-4/h1-4H/t3-,4-/m1/s1. The van der Waals surface area contributed by atoms with E-state index in [1.165, 1.54) is 0 Å². The average Bonchev–Trinajstić information content (AvgIpc) is 2.26. The molecule has 2 aliphatic heterocycles. The van der Waals surface area contributed by atoms with E-state index in [4.69, 9.17) is 0 Å². The second-order valence-corrected chi connectivity index (χ2v) is 1.58. The van der Waals surface area contributed by atoms with Crippen LogP contribution >= 0.6 is 0 Å². The minimum Gasteiger partial charge on any atom is -0.283 e. The zero-order valence-electron chi connectivity index (χ0n) is 3.20. The Kier molecular flexibility index (Phi) is 0.231. The van der Waals surface area contributed by atoms with Crippen molar-refractivity contribution in [2.75, 3.05) is 0 Å². The van der Waals surface area contributed by atoms with Crippen LogP contribution in [0, 0.1) is 0 Å². The fourth-order valence-electron chi connectivity index (χ4n) is 0.452. The molecule has 0 saturated carbocycles. The van der Waals surface area contributed by atoms with Crippen molar-refractivity contribution in [3.05, 3.63) is 0 Å². The molecule has 0 bridgehead atoms. The highest BCUT2D eigenvalue weighted by Gasteiger charge is 2.29. The molecule has 0 unspecified atom stereocenters. The van der Waals surface area contributed by atoms with E-state index in [1.807, 2.05) is 12.4 Å². The van der Waals surface area contributed by atoms with E-state index < -0.39 is 0 Å². The van der Waals surface area contributed by atoms with Crippen molar-refractivity contribution in [3.8, 4) is 0 Å². The number of hydrogen-bond acceptors (Lipinski definition) is 2. The predicted molar refractivity (Wildman–Crippen MR) is 24.6 cm³/mol. The Morgan fingerprint density at radius 2 is 1.33 bits per heavy atom. The maximum absolute atomic E-state index is 3.91. The summed E-state index contributed by atoms with van der Waals surface area (Å²) in [5.41, 5.74) is 0. The monoisotopic (exact) mass is 80.0 g/mol. The Bertz CT molecular complexity index is 97.5. The summed E-state index contributed by atoms with van der Waals surface area (Å²) < 4.78 is 0. The summed E-state index contributed by atoms with van der Waals surface area (Å²) in [6.45, 7) is 0. The van der Waals surface area contributed by atoms with Gasteiger partial charge in [0.1, 0.15) is 12.1 Å². The van der Waals surface area contributed by atoms with Gasteiger partial charge in [-0.3, -0.25) is 9.98 Å². The van der Waals surface area contributed by atoms with Crippen molar-refractivity contribution >= 4 is 12.4 Å². The topological polar surface area (TPSA) is 24.7 Å². The minimum absolute atomic E-state index is 0.491. The summed E-state index contributed by atoms with van der Waals surface area (Å²) >= 11 is 0. The Morgan fingerprint density at radius 3 is 1.50 bits per heavy atom. The fraction of sp³-hybridized carbons (Fsp3) is 0.500. The van der Waals surface area contributed by atoms with Crippen LogP contribution in [-0.2, 0) is 0 Å². The van der Waals surface area contributed by atoms with Gasteiger partial charge < -0.3 is 0 Å². The molecule has 0 aromatic heterocycles. The summed E-state index contributed by atoms with van der Waals surface area (Å²) in [7, 11) is 0. The van der Waals surface area contributed by atoms with Crippen LogP contribution in [0.2, 0.25) is 0 Å². The van der Waals surface area contributed by atoms with Crippen LogP contribution in [0.5, 0.6) is 0 Å². The Hall–Kier alpha value is -0.660. The number of hydrogen-bond donors (Lipinski definition) is 0. The molecule has 0 aliphatic carbocycles. The lowest BCUT2D eigenvalue weighted by Crippen LogP contribution is -1.98. The summed E-state index contributed by atoms with van der Waals surface area (Å²) in [5, 5.41) is 0. The molecule has 2 atom stereocenters. The second-order valence-electron chi connectivity index (χ2n) is 1.58. The molecule has 2 rings (SSSR count). The maximum atomic E-state index is 3.91. The van der Waals surface area contributed by atoms with E-state index in [9.17, 15) is 0 Å². The molecule has 0 saturated heterocycles. The third kappa shape index (κ3) is 0.210. The van der Waals surface area contributed by atoms with Gasteiger partial charge in [0, 0.05) is 12.4 Å². The Balaban J connectivity index is 1.97. The smallest absolute Gasteiger partial charge is 0.112 e. The van der Waals surface area contributed by atoms with Gasteiger partial charge in [-0.2, -0.15) is 0 Å².